The number of methoxy groups -OCH3 is 1. The van der Waals surface area contributed by atoms with Crippen molar-refractivity contribution in [2.45, 2.75) is 13.0 Å². The van der Waals surface area contributed by atoms with Crippen LogP contribution in [0.2, 0.25) is 0 Å². The molecule has 0 bridgehead atoms. The van der Waals surface area contributed by atoms with E-state index in [2.05, 4.69) is 10.3 Å². The summed E-state index contributed by atoms with van der Waals surface area (Å²) in [5.74, 6) is -0.771. The first-order chi connectivity index (χ1) is 13.0. The summed E-state index contributed by atoms with van der Waals surface area (Å²) in [6, 6.07) is 14.9. The summed E-state index contributed by atoms with van der Waals surface area (Å²) in [5, 5.41) is 3.20. The minimum absolute atomic E-state index is 0.103. The molecule has 0 aliphatic carbocycles. The molecule has 7 heteroatoms. The summed E-state index contributed by atoms with van der Waals surface area (Å²) in [7, 11) is 1.49. The average molecular weight is 366 g/mol. The molecule has 3 aromatic rings. The molecular weight excluding hydrogens is 348 g/mol. The van der Waals surface area contributed by atoms with Crippen molar-refractivity contribution in [1.29, 1.82) is 0 Å². The SMILES string of the molecule is COc1ccccc1NC(=O)C(C)OC(=O)c1cc(=O)[nH]c2ccccc12. The number of amides is 1. The van der Waals surface area contributed by atoms with E-state index in [0.717, 1.165) is 6.07 Å². The second-order valence-corrected chi connectivity index (χ2v) is 5.83. The number of esters is 1. The Morgan fingerprint density at radius 3 is 2.56 bits per heavy atom. The van der Waals surface area contributed by atoms with E-state index in [-0.39, 0.29) is 5.56 Å². The lowest BCUT2D eigenvalue weighted by atomic mass is 10.1. The molecule has 3 rings (SSSR count). The van der Waals surface area contributed by atoms with Gasteiger partial charge in [0.05, 0.1) is 18.4 Å². The van der Waals surface area contributed by atoms with Crippen molar-refractivity contribution in [2.75, 3.05) is 12.4 Å². The summed E-state index contributed by atoms with van der Waals surface area (Å²) in [6.07, 6.45) is -1.07. The zero-order chi connectivity index (χ0) is 19.4. The molecule has 1 unspecified atom stereocenters. The van der Waals surface area contributed by atoms with Gasteiger partial charge >= 0.3 is 5.97 Å². The van der Waals surface area contributed by atoms with E-state index in [4.69, 9.17) is 9.47 Å². The Morgan fingerprint density at radius 2 is 1.78 bits per heavy atom. The van der Waals surface area contributed by atoms with E-state index in [0.29, 0.717) is 22.3 Å². The van der Waals surface area contributed by atoms with Crippen LogP contribution in [0.1, 0.15) is 17.3 Å². The number of anilines is 1. The normalized spacial score (nSPS) is 11.6. The maximum absolute atomic E-state index is 12.5. The van der Waals surface area contributed by atoms with Gasteiger partial charge in [-0.3, -0.25) is 9.59 Å². The highest BCUT2D eigenvalue weighted by Crippen LogP contribution is 2.23. The largest absolute Gasteiger partial charge is 0.495 e. The van der Waals surface area contributed by atoms with Gasteiger partial charge in [0.15, 0.2) is 6.10 Å². The molecule has 0 saturated heterocycles. The second-order valence-electron chi connectivity index (χ2n) is 5.83. The molecule has 2 N–H and O–H groups in total. The fraction of sp³-hybridized carbons (Fsp3) is 0.150. The van der Waals surface area contributed by atoms with Crippen LogP contribution in [-0.2, 0) is 9.53 Å². The first-order valence-electron chi connectivity index (χ1n) is 8.26. The van der Waals surface area contributed by atoms with Crippen molar-refractivity contribution in [3.63, 3.8) is 0 Å². The van der Waals surface area contributed by atoms with Gasteiger partial charge in [0.25, 0.3) is 5.91 Å². The zero-order valence-electron chi connectivity index (χ0n) is 14.8. The lowest BCUT2D eigenvalue weighted by molar-refractivity contribution is -0.123. The smallest absolute Gasteiger partial charge is 0.339 e. The van der Waals surface area contributed by atoms with Gasteiger partial charge in [0.2, 0.25) is 5.56 Å². The van der Waals surface area contributed by atoms with Crippen LogP contribution in [0.25, 0.3) is 10.9 Å². The molecule has 0 fully saturated rings. The number of benzene rings is 2. The van der Waals surface area contributed by atoms with Crippen molar-refractivity contribution in [2.24, 2.45) is 0 Å². The third kappa shape index (κ3) is 3.98. The summed E-state index contributed by atoms with van der Waals surface area (Å²) < 4.78 is 10.4. The Hall–Kier alpha value is -3.61. The van der Waals surface area contributed by atoms with Gasteiger partial charge in [-0.05, 0) is 25.1 Å². The Bertz CT molecular complexity index is 1060. The topological polar surface area (TPSA) is 97.5 Å². The van der Waals surface area contributed by atoms with Gasteiger partial charge < -0.3 is 19.8 Å². The number of hydrogen-bond donors (Lipinski definition) is 2. The Morgan fingerprint density at radius 1 is 1.07 bits per heavy atom. The second kappa shape index (κ2) is 7.74. The molecule has 1 amide bonds. The third-order valence-electron chi connectivity index (χ3n) is 3.99. The highest BCUT2D eigenvalue weighted by molar-refractivity contribution is 6.04. The highest BCUT2D eigenvalue weighted by atomic mass is 16.5. The molecule has 2 aromatic carbocycles. The molecule has 1 aromatic heterocycles. The van der Waals surface area contributed by atoms with E-state index in [1.807, 2.05) is 0 Å². The molecule has 138 valence electrons. The number of carbonyl (C=O) groups is 2. The molecule has 1 atom stereocenters. The van der Waals surface area contributed by atoms with Crippen LogP contribution in [0.15, 0.2) is 59.4 Å². The Labute approximate surface area is 154 Å². The number of aromatic nitrogens is 1. The van der Waals surface area contributed by atoms with Crippen LogP contribution >= 0.6 is 0 Å². The molecule has 0 aliphatic heterocycles. The zero-order valence-corrected chi connectivity index (χ0v) is 14.8. The lowest BCUT2D eigenvalue weighted by Gasteiger charge is -2.15. The highest BCUT2D eigenvalue weighted by Gasteiger charge is 2.21. The molecular formula is C20H18N2O5. The van der Waals surface area contributed by atoms with Crippen molar-refractivity contribution >= 4 is 28.5 Å². The minimum atomic E-state index is -1.07. The first-order valence-corrected chi connectivity index (χ1v) is 8.26. The van der Waals surface area contributed by atoms with Gasteiger partial charge in [-0.25, -0.2) is 4.79 Å². The third-order valence-corrected chi connectivity index (χ3v) is 3.99. The van der Waals surface area contributed by atoms with Crippen LogP contribution in [0, 0.1) is 0 Å². The van der Waals surface area contributed by atoms with Crippen molar-refractivity contribution in [3.8, 4) is 5.75 Å². The van der Waals surface area contributed by atoms with Gasteiger partial charge in [0.1, 0.15) is 5.75 Å². The fourth-order valence-corrected chi connectivity index (χ4v) is 2.63. The fourth-order valence-electron chi connectivity index (χ4n) is 2.63. The summed E-state index contributed by atoms with van der Waals surface area (Å²) in [6.45, 7) is 1.46. The summed E-state index contributed by atoms with van der Waals surface area (Å²) in [4.78, 5) is 39.3. The summed E-state index contributed by atoms with van der Waals surface area (Å²) >= 11 is 0. The van der Waals surface area contributed by atoms with Crippen LogP contribution in [-0.4, -0.2) is 30.1 Å². The number of ether oxygens (including phenoxy) is 2. The van der Waals surface area contributed by atoms with Crippen molar-refractivity contribution in [1.82, 2.24) is 4.98 Å². The minimum Gasteiger partial charge on any atom is -0.495 e. The van der Waals surface area contributed by atoms with Crippen molar-refractivity contribution < 1.29 is 19.1 Å². The number of carbonyl (C=O) groups excluding carboxylic acids is 2. The molecule has 7 nitrogen and oxygen atoms in total. The first kappa shape index (κ1) is 18.2. The van der Waals surface area contributed by atoms with Gasteiger partial charge in [0, 0.05) is 17.0 Å². The molecule has 0 radical (unpaired) electrons. The predicted octanol–water partition coefficient (Wildman–Crippen LogP) is 2.72. The van der Waals surface area contributed by atoms with Crippen LogP contribution in [0.4, 0.5) is 5.69 Å². The number of pyridine rings is 1. The molecule has 1 heterocycles. The number of H-pyrrole nitrogens is 1. The number of para-hydroxylation sites is 3. The predicted molar refractivity (Wildman–Crippen MR) is 101 cm³/mol. The quantitative estimate of drug-likeness (QED) is 0.677. The molecule has 27 heavy (non-hydrogen) atoms. The van der Waals surface area contributed by atoms with E-state index in [1.54, 1.807) is 48.5 Å². The maximum Gasteiger partial charge on any atom is 0.339 e. The Kier molecular flexibility index (Phi) is 5.21. The Balaban J connectivity index is 1.78. The van der Waals surface area contributed by atoms with Crippen LogP contribution in [0.5, 0.6) is 5.75 Å². The number of fused-ring (bicyclic) bond motifs is 1. The van der Waals surface area contributed by atoms with E-state index in [1.165, 1.54) is 14.0 Å². The lowest BCUT2D eigenvalue weighted by Crippen LogP contribution is -2.30. The standard InChI is InChI=1S/C20H18N2O5/c1-12(19(24)22-16-9-5-6-10-17(16)26-2)27-20(25)14-11-18(23)21-15-8-4-3-7-13(14)15/h3-12H,1-2H3,(H,21,23)(H,22,24). The van der Waals surface area contributed by atoms with E-state index >= 15 is 0 Å². The van der Waals surface area contributed by atoms with E-state index in [9.17, 15) is 14.4 Å². The number of aromatic amines is 1. The molecule has 0 spiro atoms. The maximum atomic E-state index is 12.5. The van der Waals surface area contributed by atoms with Crippen LogP contribution < -0.4 is 15.6 Å². The number of hydrogen-bond acceptors (Lipinski definition) is 5. The van der Waals surface area contributed by atoms with Crippen LogP contribution in [0.3, 0.4) is 0 Å². The summed E-state index contributed by atoms with van der Waals surface area (Å²) in [5.41, 5.74) is 0.663. The number of rotatable bonds is 5. The number of nitrogens with one attached hydrogen (secondary N) is 2. The molecule has 0 aliphatic rings. The van der Waals surface area contributed by atoms with Crippen molar-refractivity contribution in [3.05, 3.63) is 70.5 Å². The van der Waals surface area contributed by atoms with Gasteiger partial charge in [-0.2, -0.15) is 0 Å². The van der Waals surface area contributed by atoms with Gasteiger partial charge in [-0.1, -0.05) is 30.3 Å². The van der Waals surface area contributed by atoms with Gasteiger partial charge in [-0.15, -0.1) is 0 Å². The molecule has 0 saturated carbocycles. The van der Waals surface area contributed by atoms with E-state index < -0.39 is 23.5 Å². The monoisotopic (exact) mass is 366 g/mol. The average Bonchev–Trinajstić information content (AvgIpc) is 2.67.